The molecule has 1 atom stereocenters. The topological polar surface area (TPSA) is 87.2 Å². The van der Waals surface area contributed by atoms with Gasteiger partial charge in [0, 0.05) is 31.7 Å². The average molecular weight is 316 g/mol. The second-order valence-corrected chi connectivity index (χ2v) is 5.80. The summed E-state index contributed by atoms with van der Waals surface area (Å²) in [4.78, 5) is 40.5. The highest BCUT2D eigenvalue weighted by Gasteiger charge is 2.24. The molecule has 0 radical (unpaired) electrons. The van der Waals surface area contributed by atoms with Crippen molar-refractivity contribution in [1.29, 1.82) is 0 Å². The van der Waals surface area contributed by atoms with E-state index in [0.29, 0.717) is 23.1 Å². The van der Waals surface area contributed by atoms with Gasteiger partial charge >= 0.3 is 11.1 Å². The Hall–Kier alpha value is -2.41. The fourth-order valence-electron chi connectivity index (χ4n) is 3.07. The molecular formula is C16H20N4O3. The maximum atomic E-state index is 12.6. The third-order valence-electron chi connectivity index (χ3n) is 4.44. The van der Waals surface area contributed by atoms with Gasteiger partial charge in [0.2, 0.25) is 0 Å². The van der Waals surface area contributed by atoms with E-state index in [-0.39, 0.29) is 11.9 Å². The molecule has 1 amide bonds. The van der Waals surface area contributed by atoms with Crippen molar-refractivity contribution in [3.8, 4) is 0 Å². The minimum absolute atomic E-state index is 0.0873. The molecule has 1 aromatic heterocycles. The number of carbonyl (C=O) groups is 1. The van der Waals surface area contributed by atoms with Crippen LogP contribution in [0.5, 0.6) is 0 Å². The first-order valence-corrected chi connectivity index (χ1v) is 7.77. The highest BCUT2D eigenvalue weighted by Crippen LogP contribution is 2.15. The molecule has 0 saturated carbocycles. The number of amides is 1. The van der Waals surface area contributed by atoms with Crippen LogP contribution >= 0.6 is 0 Å². The second-order valence-electron chi connectivity index (χ2n) is 5.80. The quantitative estimate of drug-likeness (QED) is 0.789. The molecule has 1 aromatic carbocycles. The monoisotopic (exact) mass is 316 g/mol. The van der Waals surface area contributed by atoms with Crippen molar-refractivity contribution in [1.82, 2.24) is 19.8 Å². The molecule has 1 aliphatic heterocycles. The van der Waals surface area contributed by atoms with Crippen molar-refractivity contribution < 1.29 is 4.79 Å². The standard InChI is InChI=1S/C16H20N4O3/c1-3-20-13-5-4-10(8-12(13)18-14(21)16(20)23)15(22)19(2)11-6-7-17-9-11/h4-5,8,11,17H,3,6-7,9H2,1-2H3,(H,18,21). The molecule has 1 saturated heterocycles. The molecule has 23 heavy (non-hydrogen) atoms. The molecule has 2 aromatic rings. The second kappa shape index (κ2) is 6.00. The van der Waals surface area contributed by atoms with Gasteiger partial charge in [0.1, 0.15) is 0 Å². The molecular weight excluding hydrogens is 296 g/mol. The number of hydrogen-bond donors (Lipinski definition) is 2. The van der Waals surface area contributed by atoms with Crippen molar-refractivity contribution in [2.45, 2.75) is 25.9 Å². The summed E-state index contributed by atoms with van der Waals surface area (Å²) in [6.07, 6.45) is 0.933. The summed E-state index contributed by atoms with van der Waals surface area (Å²) >= 11 is 0. The number of H-pyrrole nitrogens is 1. The van der Waals surface area contributed by atoms with Crippen LogP contribution < -0.4 is 16.4 Å². The Labute approximate surface area is 132 Å². The number of aromatic amines is 1. The van der Waals surface area contributed by atoms with Crippen LogP contribution in [-0.4, -0.2) is 46.5 Å². The predicted octanol–water partition coefficient (Wildman–Crippen LogP) is 0.144. The van der Waals surface area contributed by atoms with E-state index < -0.39 is 11.1 Å². The number of nitrogens with zero attached hydrogens (tertiary/aromatic N) is 2. The molecule has 2 N–H and O–H groups in total. The summed E-state index contributed by atoms with van der Waals surface area (Å²) in [6, 6.07) is 5.24. The number of likely N-dealkylation sites (N-methyl/N-ethyl adjacent to an activating group) is 1. The number of aryl methyl sites for hydroxylation is 1. The van der Waals surface area contributed by atoms with Gasteiger partial charge in [-0.3, -0.25) is 14.4 Å². The van der Waals surface area contributed by atoms with Crippen molar-refractivity contribution in [2.24, 2.45) is 0 Å². The first-order chi connectivity index (χ1) is 11.0. The molecule has 0 bridgehead atoms. The Morgan fingerprint density at radius 1 is 1.39 bits per heavy atom. The normalized spacial score (nSPS) is 17.6. The van der Waals surface area contributed by atoms with E-state index in [1.165, 1.54) is 4.57 Å². The molecule has 3 rings (SSSR count). The van der Waals surface area contributed by atoms with Gasteiger partial charge in [-0.25, -0.2) is 0 Å². The number of hydrogen-bond acceptors (Lipinski definition) is 4. The van der Waals surface area contributed by atoms with E-state index in [1.54, 1.807) is 37.1 Å². The molecule has 1 fully saturated rings. The highest BCUT2D eigenvalue weighted by molar-refractivity contribution is 5.97. The first-order valence-electron chi connectivity index (χ1n) is 7.77. The van der Waals surface area contributed by atoms with Crippen LogP contribution in [0.2, 0.25) is 0 Å². The Kier molecular flexibility index (Phi) is 4.04. The highest BCUT2D eigenvalue weighted by atomic mass is 16.2. The predicted molar refractivity (Wildman–Crippen MR) is 87.9 cm³/mol. The van der Waals surface area contributed by atoms with E-state index >= 15 is 0 Å². The number of fused-ring (bicyclic) bond motifs is 1. The average Bonchev–Trinajstić information content (AvgIpc) is 3.09. The number of benzene rings is 1. The molecule has 122 valence electrons. The molecule has 0 aliphatic carbocycles. The van der Waals surface area contributed by atoms with Crippen molar-refractivity contribution in [2.75, 3.05) is 20.1 Å². The van der Waals surface area contributed by atoms with Crippen LogP contribution in [0.15, 0.2) is 27.8 Å². The lowest BCUT2D eigenvalue weighted by molar-refractivity contribution is 0.0744. The fraction of sp³-hybridized carbons (Fsp3) is 0.438. The van der Waals surface area contributed by atoms with Crippen molar-refractivity contribution in [3.05, 3.63) is 44.5 Å². The van der Waals surface area contributed by atoms with Gasteiger partial charge in [0.15, 0.2) is 0 Å². The van der Waals surface area contributed by atoms with E-state index in [1.807, 2.05) is 0 Å². The summed E-state index contributed by atoms with van der Waals surface area (Å²) < 4.78 is 1.41. The van der Waals surface area contributed by atoms with Gasteiger partial charge in [-0.15, -0.1) is 0 Å². The van der Waals surface area contributed by atoms with Gasteiger partial charge in [0.05, 0.1) is 11.0 Å². The van der Waals surface area contributed by atoms with E-state index in [4.69, 9.17) is 0 Å². The zero-order valence-corrected chi connectivity index (χ0v) is 13.3. The molecule has 1 aliphatic rings. The Balaban J connectivity index is 2.03. The Bertz CT molecular complexity index is 862. The summed E-state index contributed by atoms with van der Waals surface area (Å²) in [7, 11) is 1.79. The lowest BCUT2D eigenvalue weighted by Crippen LogP contribution is -2.38. The molecule has 7 nitrogen and oxygen atoms in total. The summed E-state index contributed by atoms with van der Waals surface area (Å²) in [6.45, 7) is 3.92. The van der Waals surface area contributed by atoms with Gasteiger partial charge < -0.3 is 19.8 Å². The number of aromatic nitrogens is 2. The molecule has 0 spiro atoms. The van der Waals surface area contributed by atoms with Crippen LogP contribution in [0.1, 0.15) is 23.7 Å². The largest absolute Gasteiger partial charge is 0.337 e. The zero-order valence-electron chi connectivity index (χ0n) is 13.3. The maximum absolute atomic E-state index is 12.6. The number of carbonyl (C=O) groups excluding carboxylic acids is 1. The molecule has 2 heterocycles. The van der Waals surface area contributed by atoms with Crippen LogP contribution in [0, 0.1) is 0 Å². The van der Waals surface area contributed by atoms with Crippen LogP contribution in [0.4, 0.5) is 0 Å². The van der Waals surface area contributed by atoms with Crippen LogP contribution in [0.25, 0.3) is 11.0 Å². The number of nitrogens with one attached hydrogen (secondary N) is 2. The van der Waals surface area contributed by atoms with Crippen LogP contribution in [0.3, 0.4) is 0 Å². The van der Waals surface area contributed by atoms with Gasteiger partial charge in [-0.05, 0) is 38.1 Å². The zero-order chi connectivity index (χ0) is 16.6. The lowest BCUT2D eigenvalue weighted by atomic mass is 10.1. The Morgan fingerprint density at radius 3 is 2.83 bits per heavy atom. The Morgan fingerprint density at radius 2 is 2.17 bits per heavy atom. The molecule has 1 unspecified atom stereocenters. The van der Waals surface area contributed by atoms with E-state index in [2.05, 4.69) is 10.3 Å². The van der Waals surface area contributed by atoms with E-state index in [9.17, 15) is 14.4 Å². The lowest BCUT2D eigenvalue weighted by Gasteiger charge is -2.24. The number of rotatable bonds is 3. The summed E-state index contributed by atoms with van der Waals surface area (Å²) in [5, 5.41) is 3.24. The van der Waals surface area contributed by atoms with Gasteiger partial charge in [-0.1, -0.05) is 0 Å². The molecule has 7 heteroatoms. The van der Waals surface area contributed by atoms with Gasteiger partial charge in [-0.2, -0.15) is 0 Å². The minimum Gasteiger partial charge on any atom is -0.337 e. The third-order valence-corrected chi connectivity index (χ3v) is 4.44. The third kappa shape index (κ3) is 2.68. The summed E-state index contributed by atoms with van der Waals surface area (Å²) in [5.74, 6) is -0.0873. The first kappa shape index (κ1) is 15.5. The minimum atomic E-state index is -0.669. The van der Waals surface area contributed by atoms with Gasteiger partial charge in [0.25, 0.3) is 5.91 Å². The van der Waals surface area contributed by atoms with E-state index in [0.717, 1.165) is 19.5 Å². The SMILES string of the molecule is CCn1c(=O)c(=O)[nH]c2cc(C(=O)N(C)C3CCNC3)ccc21. The van der Waals surface area contributed by atoms with Crippen molar-refractivity contribution >= 4 is 16.9 Å². The smallest absolute Gasteiger partial charge is 0.316 e. The fourth-order valence-corrected chi connectivity index (χ4v) is 3.07. The van der Waals surface area contributed by atoms with Crippen molar-refractivity contribution in [3.63, 3.8) is 0 Å². The summed E-state index contributed by atoms with van der Waals surface area (Å²) in [5.41, 5.74) is 0.383. The maximum Gasteiger partial charge on any atom is 0.316 e. The van der Waals surface area contributed by atoms with Crippen LogP contribution in [-0.2, 0) is 6.54 Å².